The first-order chi connectivity index (χ1) is 7.16. The largest absolute Gasteiger partial charge is 0.508 e. The smallest absolute Gasteiger partial charge is 0.116 e. The van der Waals surface area contributed by atoms with E-state index in [9.17, 15) is 5.11 Å². The van der Waals surface area contributed by atoms with Crippen LogP contribution in [0.4, 0.5) is 0 Å². The Labute approximate surface area is 103 Å². The lowest BCUT2D eigenvalue weighted by Crippen LogP contribution is -2.06. The molecule has 1 aromatic rings. The normalized spacial score (nSPS) is 17.1. The van der Waals surface area contributed by atoms with Crippen LogP contribution in [0.3, 0.4) is 0 Å². The number of allylic oxidation sites excluding steroid dienone is 1. The molecular formula is C13H18ClNO. The van der Waals surface area contributed by atoms with Crippen molar-refractivity contribution in [1.82, 2.24) is 0 Å². The number of hydrogen-bond acceptors (Lipinski definition) is 2. The quantitative estimate of drug-likeness (QED) is 0.851. The average Bonchev–Trinajstić information content (AvgIpc) is 2.97. The number of rotatable bonds is 3. The fourth-order valence-electron chi connectivity index (χ4n) is 1.65. The van der Waals surface area contributed by atoms with Gasteiger partial charge in [-0.05, 0) is 48.9 Å². The van der Waals surface area contributed by atoms with Crippen molar-refractivity contribution in [2.75, 3.05) is 0 Å². The summed E-state index contributed by atoms with van der Waals surface area (Å²) in [4.78, 5) is 0. The number of benzene rings is 1. The third kappa shape index (κ3) is 3.26. The molecule has 0 saturated heterocycles. The van der Waals surface area contributed by atoms with Crippen LogP contribution in [0.1, 0.15) is 36.9 Å². The fraction of sp³-hybridized carbons (Fsp3) is 0.385. The van der Waals surface area contributed by atoms with Gasteiger partial charge in [-0.15, -0.1) is 12.4 Å². The topological polar surface area (TPSA) is 46.2 Å². The highest BCUT2D eigenvalue weighted by Gasteiger charge is 2.17. The first-order valence-corrected chi connectivity index (χ1v) is 5.43. The molecule has 0 amide bonds. The molecule has 0 aromatic heterocycles. The van der Waals surface area contributed by atoms with Gasteiger partial charge in [0.2, 0.25) is 0 Å². The van der Waals surface area contributed by atoms with E-state index in [4.69, 9.17) is 5.73 Å². The first-order valence-electron chi connectivity index (χ1n) is 5.43. The molecule has 0 heterocycles. The summed E-state index contributed by atoms with van der Waals surface area (Å²) >= 11 is 0. The summed E-state index contributed by atoms with van der Waals surface area (Å²) in [6.07, 6.45) is 6.88. The molecule has 1 fully saturated rings. The Kier molecular flexibility index (Phi) is 4.39. The van der Waals surface area contributed by atoms with Gasteiger partial charge in [0.25, 0.3) is 0 Å². The van der Waals surface area contributed by atoms with Gasteiger partial charge in [0, 0.05) is 6.04 Å². The number of nitrogens with two attached hydrogens (primary N) is 1. The molecule has 3 heteroatoms. The molecule has 0 bridgehead atoms. The van der Waals surface area contributed by atoms with E-state index in [0.717, 1.165) is 17.0 Å². The highest BCUT2D eigenvalue weighted by atomic mass is 35.5. The van der Waals surface area contributed by atoms with Crippen molar-refractivity contribution in [3.05, 3.63) is 35.4 Å². The van der Waals surface area contributed by atoms with Crippen molar-refractivity contribution in [3.8, 4) is 5.75 Å². The maximum atomic E-state index is 9.43. The van der Waals surface area contributed by atoms with E-state index in [-0.39, 0.29) is 18.4 Å². The Morgan fingerprint density at radius 3 is 2.69 bits per heavy atom. The third-order valence-electron chi connectivity index (χ3n) is 2.73. The van der Waals surface area contributed by atoms with E-state index < -0.39 is 0 Å². The Morgan fingerprint density at radius 2 is 2.12 bits per heavy atom. The van der Waals surface area contributed by atoms with Crippen LogP contribution in [-0.2, 0) is 0 Å². The summed E-state index contributed by atoms with van der Waals surface area (Å²) in [5, 5.41) is 9.43. The van der Waals surface area contributed by atoms with E-state index in [1.165, 1.54) is 12.8 Å². The number of phenols is 1. The van der Waals surface area contributed by atoms with Crippen molar-refractivity contribution in [1.29, 1.82) is 0 Å². The summed E-state index contributed by atoms with van der Waals surface area (Å²) in [5.74, 6) is 1.04. The second-order valence-corrected chi connectivity index (χ2v) is 4.30. The van der Waals surface area contributed by atoms with Crippen LogP contribution >= 0.6 is 12.4 Å². The summed E-state index contributed by atoms with van der Waals surface area (Å²) in [6.45, 7) is 1.96. The summed E-state index contributed by atoms with van der Waals surface area (Å²) in [6, 6.07) is 5.36. The second-order valence-electron chi connectivity index (χ2n) is 4.30. The predicted molar refractivity (Wildman–Crippen MR) is 69.7 cm³/mol. The minimum Gasteiger partial charge on any atom is -0.508 e. The molecule has 3 N–H and O–H groups in total. The van der Waals surface area contributed by atoms with E-state index in [1.54, 1.807) is 12.1 Å². The van der Waals surface area contributed by atoms with Gasteiger partial charge in [0.1, 0.15) is 5.75 Å². The van der Waals surface area contributed by atoms with Gasteiger partial charge in [-0.1, -0.05) is 18.2 Å². The zero-order chi connectivity index (χ0) is 10.8. The number of hydrogen-bond donors (Lipinski definition) is 2. The Morgan fingerprint density at radius 1 is 1.44 bits per heavy atom. The van der Waals surface area contributed by atoms with E-state index >= 15 is 0 Å². The van der Waals surface area contributed by atoms with Gasteiger partial charge >= 0.3 is 0 Å². The minimum absolute atomic E-state index is 0. The van der Waals surface area contributed by atoms with Crippen LogP contribution in [0.5, 0.6) is 5.75 Å². The van der Waals surface area contributed by atoms with Crippen LogP contribution in [0.15, 0.2) is 24.3 Å². The number of aromatic hydroxyl groups is 1. The van der Waals surface area contributed by atoms with Gasteiger partial charge in [-0.25, -0.2) is 0 Å². The number of halogens is 1. The zero-order valence-electron chi connectivity index (χ0n) is 9.39. The van der Waals surface area contributed by atoms with Crippen molar-refractivity contribution < 1.29 is 5.11 Å². The first kappa shape index (κ1) is 13.1. The Balaban J connectivity index is 0.00000128. The molecule has 1 saturated carbocycles. The molecule has 1 aliphatic carbocycles. The van der Waals surface area contributed by atoms with Gasteiger partial charge in [-0.3, -0.25) is 0 Å². The molecular weight excluding hydrogens is 222 g/mol. The molecule has 0 unspecified atom stereocenters. The molecule has 2 rings (SSSR count). The highest BCUT2D eigenvalue weighted by Crippen LogP contribution is 2.32. The maximum Gasteiger partial charge on any atom is 0.116 e. The van der Waals surface area contributed by atoms with Crippen LogP contribution in [0.2, 0.25) is 0 Å². The molecule has 0 spiro atoms. The van der Waals surface area contributed by atoms with Gasteiger partial charge in [-0.2, -0.15) is 0 Å². The molecule has 0 radical (unpaired) electrons. The van der Waals surface area contributed by atoms with Crippen LogP contribution < -0.4 is 5.73 Å². The molecule has 2 nitrogen and oxygen atoms in total. The molecule has 1 aliphatic rings. The van der Waals surface area contributed by atoms with Crippen molar-refractivity contribution in [2.45, 2.75) is 25.8 Å². The van der Waals surface area contributed by atoms with Gasteiger partial charge in [0.15, 0.2) is 0 Å². The molecule has 1 atom stereocenters. The molecule has 88 valence electrons. The van der Waals surface area contributed by atoms with Gasteiger partial charge < -0.3 is 10.8 Å². The Bertz CT molecular complexity index is 384. The average molecular weight is 240 g/mol. The summed E-state index contributed by atoms with van der Waals surface area (Å²) in [7, 11) is 0. The summed E-state index contributed by atoms with van der Waals surface area (Å²) < 4.78 is 0. The van der Waals surface area contributed by atoms with Crippen molar-refractivity contribution in [2.24, 2.45) is 11.7 Å². The van der Waals surface area contributed by atoms with Crippen LogP contribution in [0.25, 0.3) is 6.08 Å². The monoisotopic (exact) mass is 239 g/mol. The standard InChI is InChI=1S/C13H17NO.ClH/c1-9(14)13-7-6-12(15)8-11(13)5-4-10-2-3-10;/h4-10,15H,2-3,14H2,1H3;1H/b5-4+;/t9-;/m0./s1. The number of phenolic OH excluding ortho intramolecular Hbond substituents is 1. The molecule has 16 heavy (non-hydrogen) atoms. The fourth-order valence-corrected chi connectivity index (χ4v) is 1.65. The van der Waals surface area contributed by atoms with E-state index in [2.05, 4.69) is 12.2 Å². The minimum atomic E-state index is 0. The maximum absolute atomic E-state index is 9.43. The highest BCUT2D eigenvalue weighted by molar-refractivity contribution is 5.85. The molecule has 1 aromatic carbocycles. The lowest BCUT2D eigenvalue weighted by molar-refractivity contribution is 0.475. The predicted octanol–water partition coefficient (Wildman–Crippen LogP) is 3.26. The third-order valence-corrected chi connectivity index (χ3v) is 2.73. The summed E-state index contributed by atoms with van der Waals surface area (Å²) in [5.41, 5.74) is 8.00. The lowest BCUT2D eigenvalue weighted by atomic mass is 10.0. The van der Waals surface area contributed by atoms with Crippen LogP contribution in [0, 0.1) is 5.92 Å². The van der Waals surface area contributed by atoms with E-state index in [1.807, 2.05) is 13.0 Å². The SMILES string of the molecule is C[C@H](N)c1ccc(O)cc1/C=C/C1CC1.Cl. The van der Waals surface area contributed by atoms with Gasteiger partial charge in [0.05, 0.1) is 0 Å². The molecule has 0 aliphatic heterocycles. The van der Waals surface area contributed by atoms with Crippen molar-refractivity contribution in [3.63, 3.8) is 0 Å². The Hall–Kier alpha value is -0.990. The van der Waals surface area contributed by atoms with Crippen molar-refractivity contribution >= 4 is 18.5 Å². The van der Waals surface area contributed by atoms with Crippen LogP contribution in [-0.4, -0.2) is 5.11 Å². The van der Waals surface area contributed by atoms with E-state index in [0.29, 0.717) is 5.75 Å². The second kappa shape index (κ2) is 5.37. The zero-order valence-corrected chi connectivity index (χ0v) is 10.2. The lowest BCUT2D eigenvalue weighted by Gasteiger charge is -2.10.